The zero-order valence-electron chi connectivity index (χ0n) is 10.7. The van der Waals surface area contributed by atoms with E-state index in [-0.39, 0.29) is 6.32 Å². The molecule has 0 fully saturated rings. The third-order valence-corrected chi connectivity index (χ3v) is 2.74. The number of aromatic nitrogens is 1. The van der Waals surface area contributed by atoms with E-state index in [1.807, 2.05) is 19.1 Å². The van der Waals surface area contributed by atoms with Crippen LogP contribution in [0.2, 0.25) is 6.32 Å². The molecule has 0 aliphatic heterocycles. The van der Waals surface area contributed by atoms with Crippen LogP contribution in [0.1, 0.15) is 23.9 Å². The number of allylic oxidation sites excluding steroid dienone is 1. The van der Waals surface area contributed by atoms with E-state index in [0.717, 1.165) is 17.8 Å². The second-order valence-electron chi connectivity index (χ2n) is 3.99. The Morgan fingerprint density at radius 2 is 2.12 bits per heavy atom. The van der Waals surface area contributed by atoms with Crippen LogP contribution in [0.5, 0.6) is 0 Å². The van der Waals surface area contributed by atoms with E-state index < -0.39 is 0 Å². The maximum atomic E-state index is 6.04. The molecule has 17 heavy (non-hydrogen) atoms. The van der Waals surface area contributed by atoms with Gasteiger partial charge in [-0.05, 0) is 31.3 Å². The number of hydrogen-bond acceptors (Lipinski definition) is 4. The Balaban J connectivity index is 3.24. The molecular formula is C12H19BN4. The van der Waals surface area contributed by atoms with Crippen LogP contribution in [0.15, 0.2) is 17.8 Å². The number of aryl methyl sites for hydroxylation is 2. The first-order valence-electron chi connectivity index (χ1n) is 5.65. The van der Waals surface area contributed by atoms with Crippen molar-refractivity contribution in [3.05, 3.63) is 34.8 Å². The summed E-state index contributed by atoms with van der Waals surface area (Å²) in [6, 6.07) is 3.90. The minimum absolute atomic E-state index is 0.288. The van der Waals surface area contributed by atoms with Crippen molar-refractivity contribution < 1.29 is 0 Å². The Hall–Kier alpha value is -1.49. The van der Waals surface area contributed by atoms with Crippen LogP contribution in [-0.4, -0.2) is 24.9 Å². The van der Waals surface area contributed by atoms with Gasteiger partial charge in [0.2, 0.25) is 0 Å². The third kappa shape index (κ3) is 3.00. The molecule has 1 aromatic rings. The number of rotatable bonds is 4. The van der Waals surface area contributed by atoms with Crippen molar-refractivity contribution in [3.63, 3.8) is 0 Å². The Kier molecular flexibility index (Phi) is 4.58. The molecule has 1 aromatic heterocycles. The van der Waals surface area contributed by atoms with Crippen molar-refractivity contribution in [2.45, 2.75) is 26.6 Å². The molecule has 0 aromatic carbocycles. The fourth-order valence-corrected chi connectivity index (χ4v) is 1.67. The van der Waals surface area contributed by atoms with Crippen molar-refractivity contribution in [1.82, 2.24) is 9.99 Å². The lowest BCUT2D eigenvalue weighted by Crippen LogP contribution is -2.27. The SMILES string of the molecule is [B]C/C(=C(/N)c1ccc(C)c(CC)n1)N(C)N. The fraction of sp³-hybridized carbons (Fsp3) is 0.417. The maximum absolute atomic E-state index is 6.04. The summed E-state index contributed by atoms with van der Waals surface area (Å²) in [7, 11) is 7.34. The first kappa shape index (κ1) is 13.6. The normalized spacial score (nSPS) is 12.2. The van der Waals surface area contributed by atoms with Crippen LogP contribution in [0.3, 0.4) is 0 Å². The summed E-state index contributed by atoms with van der Waals surface area (Å²) < 4.78 is 0. The molecule has 1 rings (SSSR count). The van der Waals surface area contributed by atoms with Crippen molar-refractivity contribution >= 4 is 13.5 Å². The van der Waals surface area contributed by atoms with E-state index in [2.05, 4.69) is 11.9 Å². The average Bonchev–Trinajstić information content (AvgIpc) is 2.29. The van der Waals surface area contributed by atoms with Crippen molar-refractivity contribution in [1.29, 1.82) is 0 Å². The highest BCUT2D eigenvalue weighted by atomic mass is 15.4. The average molecular weight is 230 g/mol. The summed E-state index contributed by atoms with van der Waals surface area (Å²) in [6.07, 6.45) is 1.17. The van der Waals surface area contributed by atoms with Gasteiger partial charge in [0.25, 0.3) is 0 Å². The lowest BCUT2D eigenvalue weighted by Gasteiger charge is -2.18. The summed E-state index contributed by atoms with van der Waals surface area (Å²) in [5.74, 6) is 5.67. The molecule has 0 atom stereocenters. The fourth-order valence-electron chi connectivity index (χ4n) is 1.67. The largest absolute Gasteiger partial charge is 0.396 e. The van der Waals surface area contributed by atoms with Crippen LogP contribution < -0.4 is 11.6 Å². The van der Waals surface area contributed by atoms with Crippen LogP contribution in [0.4, 0.5) is 0 Å². The van der Waals surface area contributed by atoms with E-state index in [1.165, 1.54) is 10.6 Å². The van der Waals surface area contributed by atoms with Crippen LogP contribution in [0.25, 0.3) is 5.70 Å². The van der Waals surface area contributed by atoms with Gasteiger partial charge in [-0.2, -0.15) is 0 Å². The monoisotopic (exact) mass is 230 g/mol. The number of hydrogen-bond donors (Lipinski definition) is 2. The van der Waals surface area contributed by atoms with E-state index in [1.54, 1.807) is 7.05 Å². The predicted molar refractivity (Wildman–Crippen MR) is 72.0 cm³/mol. The molecule has 0 amide bonds. The van der Waals surface area contributed by atoms with Gasteiger partial charge in [0.1, 0.15) is 0 Å². The molecule has 4 nitrogen and oxygen atoms in total. The smallest absolute Gasteiger partial charge is 0.0880 e. The van der Waals surface area contributed by atoms with Gasteiger partial charge in [-0.25, -0.2) is 5.84 Å². The lowest BCUT2D eigenvalue weighted by atomic mass is 9.99. The molecule has 0 saturated heterocycles. The molecule has 0 saturated carbocycles. The molecule has 2 radical (unpaired) electrons. The molecule has 0 aliphatic carbocycles. The maximum Gasteiger partial charge on any atom is 0.0880 e. The molecule has 1 heterocycles. The van der Waals surface area contributed by atoms with Gasteiger partial charge in [0, 0.05) is 18.4 Å². The highest BCUT2D eigenvalue weighted by Gasteiger charge is 2.09. The van der Waals surface area contributed by atoms with Gasteiger partial charge in [0.15, 0.2) is 0 Å². The summed E-state index contributed by atoms with van der Waals surface area (Å²) in [5.41, 5.74) is 10.2. The summed E-state index contributed by atoms with van der Waals surface area (Å²) in [6.45, 7) is 4.10. The van der Waals surface area contributed by atoms with E-state index in [0.29, 0.717) is 11.4 Å². The lowest BCUT2D eigenvalue weighted by molar-refractivity contribution is 0.443. The number of pyridine rings is 1. The van der Waals surface area contributed by atoms with Crippen LogP contribution in [-0.2, 0) is 6.42 Å². The molecule has 0 unspecified atom stereocenters. The van der Waals surface area contributed by atoms with Crippen molar-refractivity contribution in [2.75, 3.05) is 7.05 Å². The third-order valence-electron chi connectivity index (χ3n) is 2.74. The summed E-state index contributed by atoms with van der Waals surface area (Å²) in [5, 5.41) is 1.43. The summed E-state index contributed by atoms with van der Waals surface area (Å²) in [4.78, 5) is 4.52. The molecule has 0 spiro atoms. The van der Waals surface area contributed by atoms with Gasteiger partial charge in [-0.1, -0.05) is 13.0 Å². The highest BCUT2D eigenvalue weighted by Crippen LogP contribution is 2.17. The van der Waals surface area contributed by atoms with Crippen molar-refractivity contribution in [2.24, 2.45) is 11.6 Å². The van der Waals surface area contributed by atoms with Crippen molar-refractivity contribution in [3.8, 4) is 0 Å². The van der Waals surface area contributed by atoms with Crippen LogP contribution >= 0.6 is 0 Å². The van der Waals surface area contributed by atoms with E-state index in [9.17, 15) is 0 Å². The molecule has 0 bridgehead atoms. The molecule has 0 aliphatic rings. The topological polar surface area (TPSA) is 68.2 Å². The number of nitrogens with zero attached hydrogens (tertiary/aromatic N) is 2. The highest BCUT2D eigenvalue weighted by molar-refractivity contribution is 6.10. The first-order valence-corrected chi connectivity index (χ1v) is 5.65. The number of hydrazine groups is 1. The van der Waals surface area contributed by atoms with E-state index >= 15 is 0 Å². The zero-order valence-corrected chi connectivity index (χ0v) is 10.7. The van der Waals surface area contributed by atoms with Gasteiger partial charge in [-0.3, -0.25) is 4.98 Å². The second-order valence-corrected chi connectivity index (χ2v) is 3.99. The predicted octanol–water partition coefficient (Wildman–Crippen LogP) is 0.972. The van der Waals surface area contributed by atoms with Gasteiger partial charge < -0.3 is 10.7 Å². The molecular weight excluding hydrogens is 211 g/mol. The molecule has 90 valence electrons. The van der Waals surface area contributed by atoms with Gasteiger partial charge >= 0.3 is 0 Å². The minimum Gasteiger partial charge on any atom is -0.396 e. The molecule has 4 N–H and O–H groups in total. The first-order chi connectivity index (χ1) is 8.01. The van der Waals surface area contributed by atoms with E-state index in [4.69, 9.17) is 19.4 Å². The summed E-state index contributed by atoms with van der Waals surface area (Å²) >= 11 is 0. The number of nitrogens with two attached hydrogens (primary N) is 2. The standard InChI is InChI=1S/C12H19BN4/c1-4-9-8(2)5-6-10(16-9)12(14)11(7-13)17(3)15/h5-6H,4,7,14-15H2,1-3H3/b12-11-. The Bertz CT molecular complexity index is 427. The van der Waals surface area contributed by atoms with Gasteiger partial charge in [0.05, 0.1) is 19.2 Å². The van der Waals surface area contributed by atoms with Crippen LogP contribution in [0, 0.1) is 6.92 Å². The zero-order chi connectivity index (χ0) is 13.0. The Labute approximate surface area is 104 Å². The second kappa shape index (κ2) is 5.73. The minimum atomic E-state index is 0.288. The quantitative estimate of drug-likeness (QED) is 0.459. The Morgan fingerprint density at radius 1 is 1.47 bits per heavy atom. The van der Waals surface area contributed by atoms with Gasteiger partial charge in [-0.15, -0.1) is 0 Å². The Morgan fingerprint density at radius 3 is 2.59 bits per heavy atom. The molecule has 5 heteroatoms.